The van der Waals surface area contributed by atoms with Crippen LogP contribution in [-0.4, -0.2) is 32.2 Å². The van der Waals surface area contributed by atoms with Crippen LogP contribution >= 0.6 is 23.1 Å². The van der Waals surface area contributed by atoms with Crippen molar-refractivity contribution in [3.8, 4) is 5.69 Å². The highest BCUT2D eigenvalue weighted by atomic mass is 32.2. The van der Waals surface area contributed by atoms with Gasteiger partial charge in [-0.1, -0.05) is 48.2 Å². The second kappa shape index (κ2) is 11.1. The Balaban J connectivity index is 1.38. The minimum atomic E-state index is -0.104. The van der Waals surface area contributed by atoms with Gasteiger partial charge >= 0.3 is 0 Å². The Morgan fingerprint density at radius 1 is 1.00 bits per heavy atom. The van der Waals surface area contributed by atoms with Crippen molar-refractivity contribution in [2.75, 3.05) is 11.1 Å². The van der Waals surface area contributed by atoms with Gasteiger partial charge < -0.3 is 5.32 Å². The van der Waals surface area contributed by atoms with Crippen LogP contribution in [-0.2, 0) is 11.2 Å². The van der Waals surface area contributed by atoms with E-state index in [1.165, 1.54) is 11.8 Å². The number of carbonyl (C=O) groups excluding carboxylic acids is 2. The maximum Gasteiger partial charge on any atom is 0.224 e. The molecule has 0 bridgehead atoms. The van der Waals surface area contributed by atoms with E-state index in [9.17, 15) is 9.59 Å². The normalized spacial score (nSPS) is 10.8. The maximum absolute atomic E-state index is 12.4. The van der Waals surface area contributed by atoms with Gasteiger partial charge in [0.15, 0.2) is 10.9 Å². The Kier molecular flexibility index (Phi) is 7.70. The zero-order valence-corrected chi connectivity index (χ0v) is 19.9. The van der Waals surface area contributed by atoms with Crippen molar-refractivity contribution in [3.63, 3.8) is 0 Å². The number of hydrogen-bond donors (Lipinski definition) is 1. The molecule has 0 unspecified atom stereocenters. The smallest absolute Gasteiger partial charge is 0.224 e. The summed E-state index contributed by atoms with van der Waals surface area (Å²) in [7, 11) is 0. The Hall–Kier alpha value is -3.23. The quantitative estimate of drug-likeness (QED) is 0.182. The number of benzene rings is 2. The summed E-state index contributed by atoms with van der Waals surface area (Å²) in [4.78, 5) is 25.4. The number of thiophene rings is 1. The number of Topliss-reactive ketones (excluding diaryl/α,β-unsaturated/α-hetero) is 1. The molecular formula is C25H24N4O2S2. The van der Waals surface area contributed by atoms with E-state index in [0.717, 1.165) is 28.8 Å². The molecule has 4 rings (SSSR count). The molecule has 8 heteroatoms. The molecule has 0 spiro atoms. The SMILES string of the molecule is CC(=O)c1ccccc1NC(=O)CCCSc1nnc(Cc2cccs2)n1-c1ccccc1. The van der Waals surface area contributed by atoms with E-state index in [1.54, 1.807) is 41.3 Å². The minimum Gasteiger partial charge on any atom is -0.325 e. The first-order chi connectivity index (χ1) is 16.1. The fraction of sp³-hybridized carbons (Fsp3) is 0.200. The largest absolute Gasteiger partial charge is 0.325 e. The number of carbonyl (C=O) groups is 2. The summed E-state index contributed by atoms with van der Waals surface area (Å²) in [5.74, 6) is 1.45. The molecule has 0 atom stereocenters. The number of rotatable bonds is 10. The number of thioether (sulfide) groups is 1. The molecule has 0 aliphatic carbocycles. The topological polar surface area (TPSA) is 76.9 Å². The maximum atomic E-state index is 12.4. The first-order valence-electron chi connectivity index (χ1n) is 10.7. The lowest BCUT2D eigenvalue weighted by Crippen LogP contribution is -2.14. The van der Waals surface area contributed by atoms with Gasteiger partial charge in [0.05, 0.1) is 5.69 Å². The van der Waals surface area contributed by atoms with E-state index in [1.807, 2.05) is 42.5 Å². The average Bonchev–Trinajstić information content (AvgIpc) is 3.48. The minimum absolute atomic E-state index is 0.0694. The highest BCUT2D eigenvalue weighted by molar-refractivity contribution is 7.99. The predicted molar refractivity (Wildman–Crippen MR) is 134 cm³/mol. The number of hydrogen-bond acceptors (Lipinski definition) is 6. The molecule has 168 valence electrons. The number of anilines is 1. The molecule has 1 amide bonds. The molecule has 2 aromatic carbocycles. The van der Waals surface area contributed by atoms with Gasteiger partial charge in [-0.15, -0.1) is 21.5 Å². The van der Waals surface area contributed by atoms with E-state index >= 15 is 0 Å². The van der Waals surface area contributed by atoms with Gasteiger partial charge in [0.25, 0.3) is 0 Å². The highest BCUT2D eigenvalue weighted by Crippen LogP contribution is 2.25. The van der Waals surface area contributed by atoms with Gasteiger partial charge in [-0.25, -0.2) is 0 Å². The second-order valence-electron chi connectivity index (χ2n) is 7.43. The predicted octanol–water partition coefficient (Wildman–Crippen LogP) is 5.63. The molecule has 2 heterocycles. The first kappa shape index (κ1) is 22.9. The van der Waals surface area contributed by atoms with Crippen molar-refractivity contribution in [3.05, 3.63) is 88.4 Å². The molecule has 6 nitrogen and oxygen atoms in total. The monoisotopic (exact) mass is 476 g/mol. The van der Waals surface area contributed by atoms with Crippen molar-refractivity contribution in [1.82, 2.24) is 14.8 Å². The van der Waals surface area contributed by atoms with E-state index in [2.05, 4.69) is 31.5 Å². The van der Waals surface area contributed by atoms with Gasteiger partial charge in [-0.05, 0) is 49.1 Å². The number of aromatic nitrogens is 3. The lowest BCUT2D eigenvalue weighted by Gasteiger charge is -2.10. The Morgan fingerprint density at radius 2 is 1.79 bits per heavy atom. The summed E-state index contributed by atoms with van der Waals surface area (Å²) in [6, 6.07) is 21.3. The zero-order chi connectivity index (χ0) is 23.0. The Labute approximate surface area is 201 Å². The molecule has 0 aliphatic rings. The summed E-state index contributed by atoms with van der Waals surface area (Å²) < 4.78 is 2.09. The summed E-state index contributed by atoms with van der Waals surface area (Å²) >= 11 is 3.30. The van der Waals surface area contributed by atoms with Crippen molar-refractivity contribution >= 4 is 40.5 Å². The van der Waals surface area contributed by atoms with E-state index in [-0.39, 0.29) is 11.7 Å². The zero-order valence-electron chi connectivity index (χ0n) is 18.2. The molecule has 1 N–H and O–H groups in total. The number of nitrogens with one attached hydrogen (secondary N) is 1. The molecule has 0 saturated carbocycles. The molecular weight excluding hydrogens is 452 g/mol. The standard InChI is InChI=1S/C25H24N4O2S2/c1-18(30)21-12-5-6-13-22(21)26-24(31)14-8-16-33-25-28-27-23(17-20-11-7-15-32-20)29(25)19-9-3-2-4-10-19/h2-7,9-13,15H,8,14,16-17H2,1H3,(H,26,31). The number of amides is 1. The summed E-state index contributed by atoms with van der Waals surface area (Å²) in [6.45, 7) is 1.50. The van der Waals surface area contributed by atoms with Crippen molar-refractivity contribution in [1.29, 1.82) is 0 Å². The van der Waals surface area contributed by atoms with Crippen molar-refractivity contribution in [2.45, 2.75) is 31.3 Å². The molecule has 4 aromatic rings. The summed E-state index contributed by atoms with van der Waals surface area (Å²) in [5.41, 5.74) is 2.11. The molecule has 0 fully saturated rings. The lowest BCUT2D eigenvalue weighted by atomic mass is 10.1. The van der Waals surface area contributed by atoms with Gasteiger partial charge in [-0.2, -0.15) is 0 Å². The van der Waals surface area contributed by atoms with E-state index < -0.39 is 0 Å². The molecule has 0 radical (unpaired) electrons. The third-order valence-corrected chi connectivity index (χ3v) is 6.88. The highest BCUT2D eigenvalue weighted by Gasteiger charge is 2.16. The van der Waals surface area contributed by atoms with Gasteiger partial charge in [0, 0.05) is 34.7 Å². The number of para-hydroxylation sites is 2. The molecule has 2 aromatic heterocycles. The molecule has 33 heavy (non-hydrogen) atoms. The van der Waals surface area contributed by atoms with Crippen molar-refractivity contribution in [2.24, 2.45) is 0 Å². The number of nitrogens with zero attached hydrogens (tertiary/aromatic N) is 3. The molecule has 0 aliphatic heterocycles. The van der Waals surface area contributed by atoms with Crippen LogP contribution in [0.2, 0.25) is 0 Å². The van der Waals surface area contributed by atoms with Gasteiger partial charge in [0.1, 0.15) is 5.82 Å². The van der Waals surface area contributed by atoms with Crippen molar-refractivity contribution < 1.29 is 9.59 Å². The molecule has 0 saturated heterocycles. The summed E-state index contributed by atoms with van der Waals surface area (Å²) in [5, 5.41) is 14.6. The van der Waals surface area contributed by atoms with Gasteiger partial charge in [-0.3, -0.25) is 14.2 Å². The van der Waals surface area contributed by atoms with Crippen LogP contribution < -0.4 is 5.32 Å². The average molecular weight is 477 g/mol. The van der Waals surface area contributed by atoms with Gasteiger partial charge in [0.2, 0.25) is 5.91 Å². The lowest BCUT2D eigenvalue weighted by molar-refractivity contribution is -0.116. The number of ketones is 1. The summed E-state index contributed by atoms with van der Waals surface area (Å²) in [6.07, 6.45) is 1.76. The van der Waals surface area contributed by atoms with Crippen LogP contribution in [0.3, 0.4) is 0 Å². The van der Waals surface area contributed by atoms with Crippen LogP contribution in [0, 0.1) is 0 Å². The van der Waals surface area contributed by atoms with E-state index in [4.69, 9.17) is 0 Å². The Bertz CT molecular complexity index is 1220. The van der Waals surface area contributed by atoms with E-state index in [0.29, 0.717) is 24.1 Å². The van der Waals surface area contributed by atoms with Crippen LogP contribution in [0.1, 0.15) is 40.8 Å². The Morgan fingerprint density at radius 3 is 2.55 bits per heavy atom. The van der Waals surface area contributed by atoms with Crippen LogP contribution in [0.5, 0.6) is 0 Å². The fourth-order valence-electron chi connectivity index (χ4n) is 3.42. The first-order valence-corrected chi connectivity index (χ1v) is 12.5. The third kappa shape index (κ3) is 5.97. The third-order valence-electron chi connectivity index (χ3n) is 4.99. The second-order valence-corrected chi connectivity index (χ2v) is 9.52. The van der Waals surface area contributed by atoms with Crippen LogP contribution in [0.15, 0.2) is 77.3 Å². The van der Waals surface area contributed by atoms with Crippen LogP contribution in [0.4, 0.5) is 5.69 Å². The van der Waals surface area contributed by atoms with Crippen LogP contribution in [0.25, 0.3) is 5.69 Å². The fourth-order valence-corrected chi connectivity index (χ4v) is 5.03.